The third kappa shape index (κ3) is 3.46. The molecule has 0 N–H and O–H groups in total. The average molecular weight is 245 g/mol. The molecule has 1 saturated heterocycles. The van der Waals surface area contributed by atoms with Gasteiger partial charge in [0.15, 0.2) is 5.82 Å². The van der Waals surface area contributed by atoms with Crippen LogP contribution in [0.15, 0.2) is 4.52 Å². The summed E-state index contributed by atoms with van der Waals surface area (Å²) in [6.07, 6.45) is 6.19. The lowest BCUT2D eigenvalue weighted by Crippen LogP contribution is -2.21. The van der Waals surface area contributed by atoms with E-state index in [-0.39, 0.29) is 6.10 Å². The van der Waals surface area contributed by atoms with E-state index in [1.54, 1.807) is 0 Å². The van der Waals surface area contributed by atoms with Gasteiger partial charge < -0.3 is 9.26 Å². The normalized spacial score (nSPS) is 21.2. The molecule has 0 bridgehead atoms. The van der Waals surface area contributed by atoms with Gasteiger partial charge in [0.05, 0.1) is 6.10 Å². The summed E-state index contributed by atoms with van der Waals surface area (Å²) >= 11 is 5.60. The van der Waals surface area contributed by atoms with E-state index in [2.05, 4.69) is 10.1 Å². The number of halogens is 1. The van der Waals surface area contributed by atoms with Crippen LogP contribution in [0.25, 0.3) is 0 Å². The average Bonchev–Trinajstić information content (AvgIpc) is 2.75. The molecule has 2 heterocycles. The fourth-order valence-electron chi connectivity index (χ4n) is 1.86. The summed E-state index contributed by atoms with van der Waals surface area (Å²) in [4.78, 5) is 4.33. The lowest BCUT2D eigenvalue weighted by Gasteiger charge is -2.20. The lowest BCUT2D eigenvalue weighted by atomic mass is 10.1. The second-order valence-electron chi connectivity index (χ2n) is 4.09. The smallest absolute Gasteiger partial charge is 0.226 e. The van der Waals surface area contributed by atoms with Crippen molar-refractivity contribution >= 4 is 11.6 Å². The van der Waals surface area contributed by atoms with Gasteiger partial charge >= 0.3 is 0 Å². The van der Waals surface area contributed by atoms with Crippen molar-refractivity contribution in [2.24, 2.45) is 0 Å². The van der Waals surface area contributed by atoms with Gasteiger partial charge in [-0.15, -0.1) is 11.6 Å². The molecule has 1 fully saturated rings. The van der Waals surface area contributed by atoms with Crippen LogP contribution in [-0.2, 0) is 17.6 Å². The van der Waals surface area contributed by atoms with Crippen LogP contribution >= 0.6 is 11.6 Å². The number of ether oxygens (including phenoxy) is 1. The predicted octanol–water partition coefficient (Wildman–Crippen LogP) is 2.35. The Balaban J connectivity index is 1.81. The van der Waals surface area contributed by atoms with Crippen LogP contribution in [0, 0.1) is 0 Å². The van der Waals surface area contributed by atoms with E-state index in [9.17, 15) is 0 Å². The molecule has 4 nitrogen and oxygen atoms in total. The SMILES string of the molecule is ClCCCc1nc(CC2CCCCO2)no1. The van der Waals surface area contributed by atoms with Crippen LogP contribution < -0.4 is 0 Å². The Morgan fingerprint density at radius 2 is 2.31 bits per heavy atom. The van der Waals surface area contributed by atoms with Crippen molar-refractivity contribution in [3.8, 4) is 0 Å². The van der Waals surface area contributed by atoms with Crippen LogP contribution in [0.3, 0.4) is 0 Å². The van der Waals surface area contributed by atoms with Crippen molar-refractivity contribution in [1.29, 1.82) is 0 Å². The maximum atomic E-state index is 5.63. The van der Waals surface area contributed by atoms with E-state index in [0.29, 0.717) is 11.8 Å². The summed E-state index contributed by atoms with van der Waals surface area (Å²) < 4.78 is 10.8. The van der Waals surface area contributed by atoms with Crippen molar-refractivity contribution in [3.05, 3.63) is 11.7 Å². The van der Waals surface area contributed by atoms with E-state index in [1.165, 1.54) is 12.8 Å². The van der Waals surface area contributed by atoms with Crippen LogP contribution in [0.4, 0.5) is 0 Å². The molecule has 5 heteroatoms. The zero-order valence-electron chi connectivity index (χ0n) is 9.32. The van der Waals surface area contributed by atoms with Crippen LogP contribution in [0.5, 0.6) is 0 Å². The standard InChI is InChI=1S/C11H17ClN2O2/c12-6-3-5-11-13-10(14-16-11)8-9-4-1-2-7-15-9/h9H,1-8H2. The Morgan fingerprint density at radius 1 is 1.38 bits per heavy atom. The number of hydrogen-bond donors (Lipinski definition) is 0. The predicted molar refractivity (Wildman–Crippen MR) is 60.6 cm³/mol. The summed E-state index contributed by atoms with van der Waals surface area (Å²) in [6.45, 7) is 0.863. The summed E-state index contributed by atoms with van der Waals surface area (Å²) in [5.74, 6) is 2.08. The molecule has 0 saturated carbocycles. The first-order valence-corrected chi connectivity index (χ1v) is 6.41. The zero-order valence-corrected chi connectivity index (χ0v) is 10.1. The van der Waals surface area contributed by atoms with Gasteiger partial charge in [0, 0.05) is 25.3 Å². The minimum absolute atomic E-state index is 0.271. The number of rotatable bonds is 5. The summed E-state index contributed by atoms with van der Waals surface area (Å²) in [5, 5.41) is 3.95. The van der Waals surface area contributed by atoms with E-state index >= 15 is 0 Å². The molecule has 1 unspecified atom stereocenters. The molecule has 16 heavy (non-hydrogen) atoms. The first-order chi connectivity index (χ1) is 7.88. The number of aromatic nitrogens is 2. The van der Waals surface area contributed by atoms with Gasteiger partial charge in [-0.05, 0) is 25.7 Å². The van der Waals surface area contributed by atoms with E-state index in [0.717, 1.165) is 38.1 Å². The maximum Gasteiger partial charge on any atom is 0.226 e. The summed E-state index contributed by atoms with van der Waals surface area (Å²) in [6, 6.07) is 0. The van der Waals surface area contributed by atoms with Crippen molar-refractivity contribution in [3.63, 3.8) is 0 Å². The fourth-order valence-corrected chi connectivity index (χ4v) is 2.00. The van der Waals surface area contributed by atoms with Crippen molar-refractivity contribution in [2.45, 2.75) is 44.6 Å². The molecule has 1 aliphatic rings. The molecule has 90 valence electrons. The number of aryl methyl sites for hydroxylation is 1. The maximum absolute atomic E-state index is 5.63. The van der Waals surface area contributed by atoms with Gasteiger partial charge in [0.2, 0.25) is 5.89 Å². The molecule has 0 radical (unpaired) electrons. The Morgan fingerprint density at radius 3 is 3.06 bits per heavy atom. The molecule has 0 aromatic carbocycles. The largest absolute Gasteiger partial charge is 0.378 e. The Hall–Kier alpha value is -0.610. The third-order valence-corrected chi connectivity index (χ3v) is 2.99. The highest BCUT2D eigenvalue weighted by Crippen LogP contribution is 2.16. The quantitative estimate of drug-likeness (QED) is 0.746. The van der Waals surface area contributed by atoms with Crippen LogP contribution in [0.1, 0.15) is 37.4 Å². The van der Waals surface area contributed by atoms with Gasteiger partial charge in [-0.2, -0.15) is 4.98 Å². The number of hydrogen-bond acceptors (Lipinski definition) is 4. The molecule has 1 atom stereocenters. The fraction of sp³-hybridized carbons (Fsp3) is 0.818. The van der Waals surface area contributed by atoms with Crippen LogP contribution in [0.2, 0.25) is 0 Å². The molecule has 0 spiro atoms. The van der Waals surface area contributed by atoms with Gasteiger partial charge in [-0.1, -0.05) is 5.16 Å². The molecule has 0 amide bonds. The number of alkyl halides is 1. The highest BCUT2D eigenvalue weighted by Gasteiger charge is 2.17. The molecular formula is C11H17ClN2O2. The second kappa shape index (κ2) is 6.21. The van der Waals surface area contributed by atoms with Gasteiger partial charge in [0.1, 0.15) is 0 Å². The van der Waals surface area contributed by atoms with Crippen molar-refractivity contribution < 1.29 is 9.26 Å². The molecule has 2 rings (SSSR count). The lowest BCUT2D eigenvalue weighted by molar-refractivity contribution is 0.0153. The highest BCUT2D eigenvalue weighted by atomic mass is 35.5. The minimum Gasteiger partial charge on any atom is -0.378 e. The zero-order chi connectivity index (χ0) is 11.2. The minimum atomic E-state index is 0.271. The Kier molecular flexibility index (Phi) is 4.60. The van der Waals surface area contributed by atoms with E-state index < -0.39 is 0 Å². The molecular weight excluding hydrogens is 228 g/mol. The summed E-state index contributed by atoms with van der Waals surface area (Å²) in [7, 11) is 0. The van der Waals surface area contributed by atoms with E-state index in [4.69, 9.17) is 20.9 Å². The summed E-state index contributed by atoms with van der Waals surface area (Å²) in [5.41, 5.74) is 0. The first kappa shape index (κ1) is 11.9. The van der Waals surface area contributed by atoms with Crippen LogP contribution in [-0.4, -0.2) is 28.7 Å². The van der Waals surface area contributed by atoms with Gasteiger partial charge in [-0.25, -0.2) is 0 Å². The molecule has 1 aliphatic heterocycles. The topological polar surface area (TPSA) is 48.2 Å². The first-order valence-electron chi connectivity index (χ1n) is 5.87. The van der Waals surface area contributed by atoms with Crippen molar-refractivity contribution in [2.75, 3.05) is 12.5 Å². The van der Waals surface area contributed by atoms with E-state index in [1.807, 2.05) is 0 Å². The highest BCUT2D eigenvalue weighted by molar-refractivity contribution is 6.17. The molecule has 1 aromatic rings. The second-order valence-corrected chi connectivity index (χ2v) is 4.47. The van der Waals surface area contributed by atoms with Gasteiger partial charge in [-0.3, -0.25) is 0 Å². The molecule has 1 aromatic heterocycles. The Labute approximate surface area is 100 Å². The van der Waals surface area contributed by atoms with Gasteiger partial charge in [0.25, 0.3) is 0 Å². The third-order valence-electron chi connectivity index (χ3n) is 2.72. The number of nitrogens with zero attached hydrogens (tertiary/aromatic N) is 2. The Bertz CT molecular complexity index is 311. The van der Waals surface area contributed by atoms with Crippen molar-refractivity contribution in [1.82, 2.24) is 10.1 Å². The monoisotopic (exact) mass is 244 g/mol. The molecule has 0 aliphatic carbocycles.